The number of aromatic amines is 1. The zero-order valence-corrected chi connectivity index (χ0v) is 9.57. The molecular formula is C11H18N4O. The Labute approximate surface area is 95.0 Å². The van der Waals surface area contributed by atoms with Crippen molar-refractivity contribution in [3.63, 3.8) is 0 Å². The summed E-state index contributed by atoms with van der Waals surface area (Å²) in [4.78, 5) is 21.0. The number of carbonyl (C=O) groups excluding carboxylic acids is 1. The Balaban J connectivity index is 1.99. The van der Waals surface area contributed by atoms with Crippen LogP contribution in [0.25, 0.3) is 0 Å². The van der Waals surface area contributed by atoms with Crippen molar-refractivity contribution in [3.05, 3.63) is 18.2 Å². The van der Waals surface area contributed by atoms with Gasteiger partial charge in [0.1, 0.15) is 5.82 Å². The summed E-state index contributed by atoms with van der Waals surface area (Å²) in [7, 11) is 1.81. The second kappa shape index (κ2) is 4.25. The zero-order valence-electron chi connectivity index (χ0n) is 9.57. The van der Waals surface area contributed by atoms with Crippen LogP contribution in [0.1, 0.15) is 25.1 Å². The van der Waals surface area contributed by atoms with Gasteiger partial charge >= 0.3 is 0 Å². The fraction of sp³-hybridized carbons (Fsp3) is 0.636. The second-order valence-corrected chi connectivity index (χ2v) is 4.54. The highest BCUT2D eigenvalue weighted by Crippen LogP contribution is 2.41. The van der Waals surface area contributed by atoms with Crippen molar-refractivity contribution in [2.75, 3.05) is 13.6 Å². The van der Waals surface area contributed by atoms with Crippen molar-refractivity contribution < 1.29 is 4.79 Å². The molecule has 1 aromatic rings. The van der Waals surface area contributed by atoms with Crippen LogP contribution in [0, 0.1) is 5.41 Å². The largest absolute Gasteiger partial charge is 0.347 e. The molecule has 88 valence electrons. The molecule has 1 amide bonds. The number of imidazole rings is 1. The molecule has 1 fully saturated rings. The minimum Gasteiger partial charge on any atom is -0.347 e. The van der Waals surface area contributed by atoms with E-state index in [4.69, 9.17) is 5.73 Å². The Hall–Kier alpha value is -1.36. The lowest BCUT2D eigenvalue weighted by molar-refractivity contribution is -0.145. The Bertz CT molecular complexity index is 351. The number of carbonyl (C=O) groups is 1. The van der Waals surface area contributed by atoms with Gasteiger partial charge in [-0.25, -0.2) is 4.98 Å². The molecule has 5 nitrogen and oxygen atoms in total. The smallest absolute Gasteiger partial charge is 0.230 e. The highest BCUT2D eigenvalue weighted by Gasteiger charge is 2.44. The maximum absolute atomic E-state index is 12.2. The van der Waals surface area contributed by atoms with E-state index >= 15 is 0 Å². The summed E-state index contributed by atoms with van der Waals surface area (Å²) < 4.78 is 0. The minimum absolute atomic E-state index is 0.151. The first kappa shape index (κ1) is 11.1. The van der Waals surface area contributed by atoms with Gasteiger partial charge in [-0.05, 0) is 12.8 Å². The monoisotopic (exact) mass is 222 g/mol. The standard InChI is InChI=1S/C11H18N4O/c1-15(7-9-13-5-6-14-9)10(16)11(8-12)3-2-4-11/h5-6H,2-4,7-8,12H2,1H3,(H,13,14). The third-order valence-corrected chi connectivity index (χ3v) is 3.44. The van der Waals surface area contributed by atoms with Gasteiger partial charge in [-0.1, -0.05) is 6.42 Å². The number of rotatable bonds is 4. The number of hydrogen-bond donors (Lipinski definition) is 2. The van der Waals surface area contributed by atoms with E-state index in [0.717, 1.165) is 25.1 Å². The van der Waals surface area contributed by atoms with Crippen molar-refractivity contribution in [1.29, 1.82) is 0 Å². The molecule has 2 rings (SSSR count). The molecule has 0 saturated heterocycles. The first-order chi connectivity index (χ1) is 7.68. The topological polar surface area (TPSA) is 75.0 Å². The quantitative estimate of drug-likeness (QED) is 0.778. The van der Waals surface area contributed by atoms with Gasteiger partial charge in [0.15, 0.2) is 0 Å². The van der Waals surface area contributed by atoms with Gasteiger partial charge in [0.2, 0.25) is 5.91 Å². The van der Waals surface area contributed by atoms with Crippen LogP contribution < -0.4 is 5.73 Å². The minimum atomic E-state index is -0.290. The first-order valence-electron chi connectivity index (χ1n) is 5.62. The lowest BCUT2D eigenvalue weighted by Gasteiger charge is -2.41. The first-order valence-corrected chi connectivity index (χ1v) is 5.62. The molecule has 0 spiro atoms. The summed E-state index contributed by atoms with van der Waals surface area (Å²) in [5.41, 5.74) is 5.42. The molecule has 1 aliphatic rings. The van der Waals surface area contributed by atoms with Crippen LogP contribution in [0.2, 0.25) is 0 Å². The fourth-order valence-electron chi connectivity index (χ4n) is 2.19. The van der Waals surface area contributed by atoms with E-state index in [1.807, 2.05) is 0 Å². The van der Waals surface area contributed by atoms with Gasteiger partial charge in [0.05, 0.1) is 12.0 Å². The van der Waals surface area contributed by atoms with E-state index in [9.17, 15) is 4.79 Å². The van der Waals surface area contributed by atoms with Crippen LogP contribution in [-0.2, 0) is 11.3 Å². The number of nitrogens with two attached hydrogens (primary N) is 1. The summed E-state index contributed by atoms with van der Waals surface area (Å²) in [6, 6.07) is 0. The lowest BCUT2D eigenvalue weighted by Crippen LogP contribution is -2.50. The summed E-state index contributed by atoms with van der Waals surface area (Å²) in [6.45, 7) is 0.974. The molecule has 0 radical (unpaired) electrons. The average Bonchev–Trinajstić information content (AvgIpc) is 2.69. The van der Waals surface area contributed by atoms with Crippen molar-refractivity contribution >= 4 is 5.91 Å². The van der Waals surface area contributed by atoms with Crippen molar-refractivity contribution in [2.24, 2.45) is 11.1 Å². The normalized spacial score (nSPS) is 17.9. The maximum Gasteiger partial charge on any atom is 0.230 e. The zero-order chi connectivity index (χ0) is 11.6. The summed E-state index contributed by atoms with van der Waals surface area (Å²) in [5, 5.41) is 0. The number of aromatic nitrogens is 2. The summed E-state index contributed by atoms with van der Waals surface area (Å²) in [5.74, 6) is 0.958. The lowest BCUT2D eigenvalue weighted by atomic mass is 9.68. The Morgan fingerprint density at radius 1 is 1.69 bits per heavy atom. The third-order valence-electron chi connectivity index (χ3n) is 3.44. The molecule has 5 heteroatoms. The molecule has 0 bridgehead atoms. The van der Waals surface area contributed by atoms with Gasteiger partial charge in [0.25, 0.3) is 0 Å². The average molecular weight is 222 g/mol. The molecule has 0 atom stereocenters. The van der Waals surface area contributed by atoms with Crippen molar-refractivity contribution in [1.82, 2.24) is 14.9 Å². The molecule has 1 aromatic heterocycles. The Kier molecular flexibility index (Phi) is 2.96. The van der Waals surface area contributed by atoms with Gasteiger partial charge in [-0.3, -0.25) is 4.79 Å². The highest BCUT2D eigenvalue weighted by molar-refractivity contribution is 5.83. The molecule has 0 aromatic carbocycles. The molecule has 3 N–H and O–H groups in total. The van der Waals surface area contributed by atoms with E-state index < -0.39 is 0 Å². The number of amides is 1. The van der Waals surface area contributed by atoms with E-state index in [0.29, 0.717) is 13.1 Å². The van der Waals surface area contributed by atoms with Crippen molar-refractivity contribution in [2.45, 2.75) is 25.8 Å². The SMILES string of the molecule is CN(Cc1ncc[nH]1)C(=O)C1(CN)CCC1. The predicted octanol–water partition coefficient (Wildman–Crippen LogP) is 0.497. The van der Waals surface area contributed by atoms with E-state index in [2.05, 4.69) is 9.97 Å². The van der Waals surface area contributed by atoms with Crippen LogP contribution in [0.15, 0.2) is 12.4 Å². The van der Waals surface area contributed by atoms with E-state index in [1.165, 1.54) is 0 Å². The van der Waals surface area contributed by atoms with Crippen LogP contribution in [0.4, 0.5) is 0 Å². The Morgan fingerprint density at radius 3 is 2.88 bits per heavy atom. The van der Waals surface area contributed by atoms with Crippen LogP contribution in [0.5, 0.6) is 0 Å². The van der Waals surface area contributed by atoms with Gasteiger partial charge in [-0.2, -0.15) is 0 Å². The van der Waals surface area contributed by atoms with Crippen molar-refractivity contribution in [3.8, 4) is 0 Å². The fourth-order valence-corrected chi connectivity index (χ4v) is 2.19. The number of nitrogens with one attached hydrogen (secondary N) is 1. The number of hydrogen-bond acceptors (Lipinski definition) is 3. The second-order valence-electron chi connectivity index (χ2n) is 4.54. The molecule has 16 heavy (non-hydrogen) atoms. The third kappa shape index (κ3) is 1.82. The molecular weight excluding hydrogens is 204 g/mol. The summed E-state index contributed by atoms with van der Waals surface area (Å²) >= 11 is 0. The van der Waals surface area contributed by atoms with Gasteiger partial charge in [-0.15, -0.1) is 0 Å². The maximum atomic E-state index is 12.2. The Morgan fingerprint density at radius 2 is 2.44 bits per heavy atom. The van der Waals surface area contributed by atoms with Gasteiger partial charge in [0, 0.05) is 26.0 Å². The van der Waals surface area contributed by atoms with Crippen LogP contribution >= 0.6 is 0 Å². The number of H-pyrrole nitrogens is 1. The summed E-state index contributed by atoms with van der Waals surface area (Å²) in [6.07, 6.45) is 6.40. The van der Waals surface area contributed by atoms with Crippen LogP contribution in [-0.4, -0.2) is 34.4 Å². The molecule has 0 aliphatic heterocycles. The highest BCUT2D eigenvalue weighted by atomic mass is 16.2. The van der Waals surface area contributed by atoms with E-state index in [-0.39, 0.29) is 11.3 Å². The predicted molar refractivity (Wildman–Crippen MR) is 60.4 cm³/mol. The van der Waals surface area contributed by atoms with E-state index in [1.54, 1.807) is 24.3 Å². The molecule has 1 heterocycles. The van der Waals surface area contributed by atoms with Gasteiger partial charge < -0.3 is 15.6 Å². The molecule has 1 saturated carbocycles. The number of nitrogens with zero attached hydrogens (tertiary/aromatic N) is 2. The molecule has 0 unspecified atom stereocenters. The van der Waals surface area contributed by atoms with Crippen LogP contribution in [0.3, 0.4) is 0 Å². The molecule has 1 aliphatic carbocycles.